The Morgan fingerprint density at radius 3 is 2.03 bits per heavy atom. The van der Waals surface area contributed by atoms with Crippen LogP contribution in [-0.4, -0.2) is 60.5 Å². The lowest BCUT2D eigenvalue weighted by Crippen LogP contribution is -2.38. The number of unbranched alkanes of at least 4 members (excludes halogenated alkanes) is 6. The minimum absolute atomic E-state index is 0.00215. The molecule has 2 aromatic carbocycles. The predicted octanol–water partition coefficient (Wildman–Crippen LogP) is 6.69. The van der Waals surface area contributed by atoms with E-state index in [4.69, 9.17) is 20.4 Å². The number of nitrogens with one attached hydrogen (secondary N) is 1. The van der Waals surface area contributed by atoms with Crippen LogP contribution in [0.5, 0.6) is 0 Å². The molecule has 2 aromatic rings. The molecule has 0 aromatic heterocycles. The van der Waals surface area contributed by atoms with Crippen molar-refractivity contribution in [1.82, 2.24) is 4.90 Å². The van der Waals surface area contributed by atoms with Crippen LogP contribution in [0.4, 0.5) is 23.7 Å². The lowest BCUT2D eigenvalue weighted by atomic mass is 10.0. The van der Waals surface area contributed by atoms with Crippen LogP contribution >= 0.6 is 0 Å². The summed E-state index contributed by atoms with van der Waals surface area (Å²) in [7, 11) is 0. The summed E-state index contributed by atoms with van der Waals surface area (Å²) in [5.74, 6) is -2.76. The molecule has 0 radical (unpaired) electrons. The van der Waals surface area contributed by atoms with Gasteiger partial charge in [-0.2, -0.15) is 13.2 Å². The van der Waals surface area contributed by atoms with Crippen molar-refractivity contribution in [2.45, 2.75) is 70.1 Å². The molecule has 0 unspecified atom stereocenters. The third kappa shape index (κ3) is 13.0. The summed E-state index contributed by atoms with van der Waals surface area (Å²) in [6.45, 7) is 4.00. The van der Waals surface area contributed by atoms with Gasteiger partial charge in [0, 0.05) is 18.7 Å². The van der Waals surface area contributed by atoms with Crippen molar-refractivity contribution in [1.29, 1.82) is 0 Å². The van der Waals surface area contributed by atoms with Gasteiger partial charge in [-0.3, -0.25) is 5.32 Å². The molecule has 1 fully saturated rings. The number of benzene rings is 2. The SMILES string of the molecule is NCCCCCCCCCN1CCC(OC(=O)Nc2ccccc2-c2ccccc2)CC1.O=C(O)C(F)(F)F. The second-order valence-electron chi connectivity index (χ2n) is 9.55. The van der Waals surface area contributed by atoms with Crippen LogP contribution in [0.1, 0.15) is 57.8 Å². The molecular weight excluding hydrogens is 511 g/mol. The Morgan fingerprint density at radius 2 is 1.44 bits per heavy atom. The normalized spacial score (nSPS) is 14.3. The van der Waals surface area contributed by atoms with Crippen LogP contribution in [0.2, 0.25) is 0 Å². The summed E-state index contributed by atoms with van der Waals surface area (Å²) >= 11 is 0. The van der Waals surface area contributed by atoms with E-state index in [9.17, 15) is 18.0 Å². The van der Waals surface area contributed by atoms with Gasteiger partial charge in [-0.1, -0.05) is 80.6 Å². The summed E-state index contributed by atoms with van der Waals surface area (Å²) in [5.41, 5.74) is 8.39. The highest BCUT2D eigenvalue weighted by molar-refractivity contribution is 5.91. The molecule has 4 N–H and O–H groups in total. The van der Waals surface area contributed by atoms with E-state index in [1.54, 1.807) is 0 Å². The number of hydrogen-bond donors (Lipinski definition) is 3. The number of hydrogen-bond acceptors (Lipinski definition) is 5. The lowest BCUT2D eigenvalue weighted by Gasteiger charge is -2.31. The fraction of sp³-hybridized carbons (Fsp3) is 0.517. The molecule has 7 nitrogen and oxygen atoms in total. The third-order valence-corrected chi connectivity index (χ3v) is 6.48. The van der Waals surface area contributed by atoms with Gasteiger partial charge >= 0.3 is 18.2 Å². The topological polar surface area (TPSA) is 105 Å². The molecule has 0 saturated carbocycles. The molecule has 1 amide bonds. The van der Waals surface area contributed by atoms with E-state index in [0.29, 0.717) is 0 Å². The minimum Gasteiger partial charge on any atom is -0.475 e. The maximum atomic E-state index is 12.5. The summed E-state index contributed by atoms with van der Waals surface area (Å²) in [6, 6.07) is 17.9. The van der Waals surface area contributed by atoms with Crippen LogP contribution in [0, 0.1) is 0 Å². The summed E-state index contributed by atoms with van der Waals surface area (Å²) < 4.78 is 37.5. The highest BCUT2D eigenvalue weighted by Crippen LogP contribution is 2.28. The number of para-hydroxylation sites is 1. The monoisotopic (exact) mass is 551 g/mol. The van der Waals surface area contributed by atoms with E-state index < -0.39 is 12.1 Å². The average Bonchev–Trinajstić information content (AvgIpc) is 2.92. The molecule has 1 heterocycles. The van der Waals surface area contributed by atoms with Crippen molar-refractivity contribution in [3.63, 3.8) is 0 Å². The maximum absolute atomic E-state index is 12.5. The Bertz CT molecular complexity index is 981. The lowest BCUT2D eigenvalue weighted by molar-refractivity contribution is -0.192. The third-order valence-electron chi connectivity index (χ3n) is 6.48. The van der Waals surface area contributed by atoms with Gasteiger partial charge in [-0.25, -0.2) is 9.59 Å². The number of piperidine rings is 1. The van der Waals surface area contributed by atoms with E-state index in [2.05, 4.69) is 10.2 Å². The zero-order valence-electron chi connectivity index (χ0n) is 22.3. The fourth-order valence-electron chi connectivity index (χ4n) is 4.37. The Morgan fingerprint density at radius 1 is 0.897 bits per heavy atom. The number of alkyl halides is 3. The standard InChI is InChI=1S/C27H39N3O2.C2HF3O2/c28-19-11-4-2-1-3-5-12-20-30-21-17-24(18-22-30)32-27(31)29-26-16-10-9-15-25(26)23-13-7-6-8-14-23;3-2(4,5)1(6)7/h6-10,13-16,24H,1-5,11-12,17-22,28H2,(H,29,31);(H,6,7). The zero-order valence-corrected chi connectivity index (χ0v) is 22.3. The van der Waals surface area contributed by atoms with E-state index >= 15 is 0 Å². The highest BCUT2D eigenvalue weighted by atomic mass is 19.4. The summed E-state index contributed by atoms with van der Waals surface area (Å²) in [5, 5.41) is 10.1. The molecule has 216 valence electrons. The van der Waals surface area contributed by atoms with E-state index in [1.807, 2.05) is 54.6 Å². The molecule has 3 rings (SSSR count). The number of carbonyl (C=O) groups is 2. The second kappa shape index (κ2) is 17.5. The number of carbonyl (C=O) groups excluding carboxylic acids is 1. The van der Waals surface area contributed by atoms with E-state index in [0.717, 1.165) is 62.3 Å². The van der Waals surface area contributed by atoms with Crippen LogP contribution in [0.3, 0.4) is 0 Å². The van der Waals surface area contributed by atoms with Crippen LogP contribution in [-0.2, 0) is 9.53 Å². The number of amides is 1. The van der Waals surface area contributed by atoms with Crippen LogP contribution in [0.25, 0.3) is 11.1 Å². The van der Waals surface area contributed by atoms with Gasteiger partial charge in [0.05, 0.1) is 5.69 Å². The number of likely N-dealkylation sites (tertiary alicyclic amines) is 1. The first-order chi connectivity index (χ1) is 18.7. The number of nitrogens with zero attached hydrogens (tertiary/aromatic N) is 1. The van der Waals surface area contributed by atoms with Gasteiger partial charge in [0.1, 0.15) is 6.10 Å². The molecule has 0 aliphatic carbocycles. The van der Waals surface area contributed by atoms with Gasteiger partial charge < -0.3 is 20.5 Å². The number of carboxylic acids is 1. The molecule has 0 bridgehead atoms. The fourth-order valence-corrected chi connectivity index (χ4v) is 4.37. The van der Waals surface area contributed by atoms with Crippen molar-refractivity contribution >= 4 is 17.7 Å². The van der Waals surface area contributed by atoms with E-state index in [-0.39, 0.29) is 12.2 Å². The van der Waals surface area contributed by atoms with Crippen LogP contribution < -0.4 is 11.1 Å². The van der Waals surface area contributed by atoms with Crippen molar-refractivity contribution < 1.29 is 32.6 Å². The number of nitrogens with two attached hydrogens (primary N) is 1. The molecule has 0 atom stereocenters. The Kier molecular flexibility index (Phi) is 14.4. The zero-order chi connectivity index (χ0) is 28.5. The minimum atomic E-state index is -5.08. The average molecular weight is 552 g/mol. The van der Waals surface area contributed by atoms with Gasteiger partial charge in [-0.05, 0) is 50.4 Å². The number of carboxylic acid groups (broad SMARTS) is 1. The Labute approximate surface area is 228 Å². The number of halogens is 3. The van der Waals surface area contributed by atoms with Crippen molar-refractivity contribution in [2.24, 2.45) is 5.73 Å². The first-order valence-electron chi connectivity index (χ1n) is 13.6. The van der Waals surface area contributed by atoms with E-state index in [1.165, 1.54) is 38.5 Å². The van der Waals surface area contributed by atoms with Gasteiger partial charge in [0.15, 0.2) is 0 Å². The molecular formula is C29H40F3N3O4. The summed E-state index contributed by atoms with van der Waals surface area (Å²) in [4.78, 5) is 23.9. The molecule has 1 aliphatic heterocycles. The van der Waals surface area contributed by atoms with Gasteiger partial charge in [0.25, 0.3) is 0 Å². The van der Waals surface area contributed by atoms with Gasteiger partial charge in [-0.15, -0.1) is 0 Å². The molecule has 10 heteroatoms. The number of anilines is 1. The van der Waals surface area contributed by atoms with Crippen LogP contribution in [0.15, 0.2) is 54.6 Å². The smallest absolute Gasteiger partial charge is 0.475 e. The molecule has 1 saturated heterocycles. The number of ether oxygens (including phenoxy) is 1. The predicted molar refractivity (Wildman–Crippen MR) is 147 cm³/mol. The van der Waals surface area contributed by atoms with Gasteiger partial charge in [0.2, 0.25) is 0 Å². The number of rotatable bonds is 12. The second-order valence-corrected chi connectivity index (χ2v) is 9.55. The molecule has 0 spiro atoms. The van der Waals surface area contributed by atoms with Crippen molar-refractivity contribution in [2.75, 3.05) is 31.5 Å². The Balaban J connectivity index is 0.000000673. The Hall–Kier alpha value is -3.11. The first kappa shape index (κ1) is 32.1. The summed E-state index contributed by atoms with van der Waals surface area (Å²) in [6.07, 6.45) is 5.36. The van der Waals surface area contributed by atoms with Crippen molar-refractivity contribution in [3.05, 3.63) is 54.6 Å². The quantitative estimate of drug-likeness (QED) is 0.254. The largest absolute Gasteiger partial charge is 0.490 e. The number of aliphatic carboxylic acids is 1. The van der Waals surface area contributed by atoms with Crippen molar-refractivity contribution in [3.8, 4) is 11.1 Å². The first-order valence-corrected chi connectivity index (χ1v) is 13.6. The highest BCUT2D eigenvalue weighted by Gasteiger charge is 2.38. The maximum Gasteiger partial charge on any atom is 0.490 e. The molecule has 39 heavy (non-hydrogen) atoms. The molecule has 1 aliphatic rings.